The Kier molecular flexibility index (Phi) is 6.04. The number of rotatable bonds is 5. The summed E-state index contributed by atoms with van der Waals surface area (Å²) in [6.45, 7) is 2.81. The van der Waals surface area contributed by atoms with Crippen LogP contribution in [0.3, 0.4) is 0 Å². The molecule has 0 saturated carbocycles. The van der Waals surface area contributed by atoms with Gasteiger partial charge < -0.3 is 9.80 Å². The van der Waals surface area contributed by atoms with Gasteiger partial charge in [-0.2, -0.15) is 4.31 Å². The largest absolute Gasteiger partial charge is 0.373 e. The van der Waals surface area contributed by atoms with Crippen molar-refractivity contribution in [3.63, 3.8) is 0 Å². The highest BCUT2D eigenvalue weighted by Gasteiger charge is 2.27. The molecule has 154 valence electrons. The maximum atomic E-state index is 12.9. The maximum Gasteiger partial charge on any atom is 0.243 e. The van der Waals surface area contributed by atoms with Crippen molar-refractivity contribution in [1.82, 2.24) is 9.21 Å². The summed E-state index contributed by atoms with van der Waals surface area (Å²) in [7, 11) is -0.458. The molecule has 3 rings (SSSR count). The van der Waals surface area contributed by atoms with Gasteiger partial charge in [0.15, 0.2) is 5.78 Å². The third kappa shape index (κ3) is 4.49. The van der Waals surface area contributed by atoms with E-state index in [0.717, 1.165) is 15.6 Å². The van der Waals surface area contributed by atoms with Crippen molar-refractivity contribution in [2.75, 3.05) is 38.6 Å². The topological polar surface area (TPSA) is 78.0 Å². The Balaban J connectivity index is 1.73. The number of benzene rings is 2. The van der Waals surface area contributed by atoms with Crippen LogP contribution in [0, 0.1) is 0 Å². The average Bonchev–Trinajstić information content (AvgIpc) is 2.87. The molecule has 0 bridgehead atoms. The second kappa shape index (κ2) is 8.34. The van der Waals surface area contributed by atoms with Crippen LogP contribution >= 0.6 is 0 Å². The van der Waals surface area contributed by atoms with Gasteiger partial charge in [-0.3, -0.25) is 9.59 Å². The molecule has 1 aliphatic rings. The van der Waals surface area contributed by atoms with E-state index in [1.165, 1.54) is 38.2 Å². The van der Waals surface area contributed by atoms with Crippen LogP contribution in [0.25, 0.3) is 0 Å². The monoisotopic (exact) mass is 415 g/mol. The number of carbonyl (C=O) groups is 2. The van der Waals surface area contributed by atoms with Gasteiger partial charge in [-0.05, 0) is 30.7 Å². The van der Waals surface area contributed by atoms with Gasteiger partial charge in [0, 0.05) is 45.0 Å². The molecular weight excluding hydrogens is 390 g/mol. The van der Waals surface area contributed by atoms with E-state index in [1.807, 2.05) is 31.3 Å². The summed E-state index contributed by atoms with van der Waals surface area (Å²) in [5.74, 6) is -0.384. The molecule has 1 heterocycles. The van der Waals surface area contributed by atoms with Crippen LogP contribution < -0.4 is 4.90 Å². The number of anilines is 1. The first-order chi connectivity index (χ1) is 13.7. The number of amides is 1. The third-order valence-corrected chi connectivity index (χ3v) is 6.97. The van der Waals surface area contributed by atoms with E-state index in [1.54, 1.807) is 4.90 Å². The van der Waals surface area contributed by atoms with Crippen LogP contribution in [0.1, 0.15) is 22.8 Å². The molecule has 0 radical (unpaired) electrons. The average molecular weight is 416 g/mol. The third-order valence-electron chi connectivity index (χ3n) is 5.15. The van der Waals surface area contributed by atoms with Crippen molar-refractivity contribution in [1.29, 1.82) is 0 Å². The van der Waals surface area contributed by atoms with Crippen LogP contribution in [0.5, 0.6) is 0 Å². The van der Waals surface area contributed by atoms with Crippen molar-refractivity contribution in [3.05, 3.63) is 59.7 Å². The lowest BCUT2D eigenvalue weighted by Gasteiger charge is -2.24. The van der Waals surface area contributed by atoms with Crippen LogP contribution in [0.2, 0.25) is 0 Å². The molecule has 8 heteroatoms. The van der Waals surface area contributed by atoms with Crippen LogP contribution in [-0.4, -0.2) is 63.0 Å². The molecule has 29 heavy (non-hydrogen) atoms. The summed E-state index contributed by atoms with van der Waals surface area (Å²) in [6, 6.07) is 13.6. The molecule has 1 amide bonds. The molecule has 0 aliphatic carbocycles. The number of hydrogen-bond acceptors (Lipinski definition) is 5. The Morgan fingerprint density at radius 3 is 2.34 bits per heavy atom. The van der Waals surface area contributed by atoms with E-state index in [9.17, 15) is 18.0 Å². The SMILES string of the molecule is CC(=O)c1ccc(S(=O)(=O)N(C)CC(=O)N2CCN(C)c3ccccc3C2)cc1. The van der Waals surface area contributed by atoms with E-state index in [2.05, 4.69) is 4.90 Å². The van der Waals surface area contributed by atoms with Crippen molar-refractivity contribution >= 4 is 27.4 Å². The number of carbonyl (C=O) groups excluding carboxylic acids is 2. The lowest BCUT2D eigenvalue weighted by molar-refractivity contribution is -0.131. The minimum atomic E-state index is -3.83. The highest BCUT2D eigenvalue weighted by molar-refractivity contribution is 7.89. The van der Waals surface area contributed by atoms with Crippen molar-refractivity contribution in [2.24, 2.45) is 0 Å². The first-order valence-electron chi connectivity index (χ1n) is 9.34. The first-order valence-corrected chi connectivity index (χ1v) is 10.8. The number of hydrogen-bond donors (Lipinski definition) is 0. The molecule has 0 spiro atoms. The molecule has 0 N–H and O–H groups in total. The van der Waals surface area contributed by atoms with Gasteiger partial charge in [0.2, 0.25) is 15.9 Å². The zero-order valence-corrected chi connectivity index (χ0v) is 17.6. The molecule has 0 aromatic heterocycles. The zero-order valence-electron chi connectivity index (χ0n) is 16.8. The van der Waals surface area contributed by atoms with Gasteiger partial charge in [0.05, 0.1) is 11.4 Å². The van der Waals surface area contributed by atoms with E-state index in [4.69, 9.17) is 0 Å². The predicted molar refractivity (Wildman–Crippen MR) is 111 cm³/mol. The Hall–Kier alpha value is -2.71. The molecule has 1 aliphatic heterocycles. The summed E-state index contributed by atoms with van der Waals surface area (Å²) < 4.78 is 26.7. The van der Waals surface area contributed by atoms with E-state index < -0.39 is 10.0 Å². The van der Waals surface area contributed by atoms with Gasteiger partial charge >= 0.3 is 0 Å². The molecule has 0 unspecified atom stereocenters. The minimum Gasteiger partial charge on any atom is -0.373 e. The summed E-state index contributed by atoms with van der Waals surface area (Å²) in [4.78, 5) is 28.1. The highest BCUT2D eigenvalue weighted by Crippen LogP contribution is 2.24. The Bertz CT molecular complexity index is 1020. The van der Waals surface area contributed by atoms with Gasteiger partial charge in [-0.15, -0.1) is 0 Å². The molecule has 2 aromatic rings. The first kappa shape index (κ1) is 21.0. The Morgan fingerprint density at radius 1 is 1.03 bits per heavy atom. The van der Waals surface area contributed by atoms with Crippen LogP contribution in [0.15, 0.2) is 53.4 Å². The van der Waals surface area contributed by atoms with Crippen molar-refractivity contribution in [3.8, 4) is 0 Å². The number of nitrogens with zero attached hydrogens (tertiary/aromatic N) is 3. The van der Waals surface area contributed by atoms with E-state index >= 15 is 0 Å². The number of ketones is 1. The van der Waals surface area contributed by atoms with Crippen molar-refractivity contribution < 1.29 is 18.0 Å². The summed E-state index contributed by atoms with van der Waals surface area (Å²) in [6.07, 6.45) is 0. The number of para-hydroxylation sites is 1. The molecular formula is C21H25N3O4S. The fraction of sp³-hybridized carbons (Fsp3) is 0.333. The quantitative estimate of drug-likeness (QED) is 0.698. The van der Waals surface area contributed by atoms with Gasteiger partial charge in [-0.25, -0.2) is 8.42 Å². The maximum absolute atomic E-state index is 12.9. The number of sulfonamides is 1. The molecule has 7 nitrogen and oxygen atoms in total. The van der Waals surface area contributed by atoms with Gasteiger partial charge in [0.25, 0.3) is 0 Å². The molecule has 2 aromatic carbocycles. The lowest BCUT2D eigenvalue weighted by Crippen LogP contribution is -2.42. The standard InChI is InChI=1S/C21H25N3O4S/c1-16(25)17-8-10-19(11-9-17)29(27,28)23(3)15-21(26)24-13-12-22(2)20-7-5-4-6-18(20)14-24/h4-11H,12-15H2,1-3H3. The fourth-order valence-corrected chi connectivity index (χ4v) is 4.44. The zero-order chi connectivity index (χ0) is 21.2. The summed E-state index contributed by atoms with van der Waals surface area (Å²) >= 11 is 0. The number of likely N-dealkylation sites (N-methyl/N-ethyl adjacent to an activating group) is 2. The van der Waals surface area contributed by atoms with Crippen LogP contribution in [0.4, 0.5) is 5.69 Å². The lowest BCUT2D eigenvalue weighted by atomic mass is 10.1. The number of fused-ring (bicyclic) bond motifs is 1. The van der Waals surface area contributed by atoms with Crippen molar-refractivity contribution in [2.45, 2.75) is 18.4 Å². The molecule has 0 atom stereocenters. The fourth-order valence-electron chi connectivity index (χ4n) is 3.32. The number of Topliss-reactive ketones (excluding diaryl/α,β-unsaturated/α-hetero) is 1. The molecule has 0 saturated heterocycles. The van der Waals surface area contributed by atoms with Crippen LogP contribution in [-0.2, 0) is 21.4 Å². The smallest absolute Gasteiger partial charge is 0.243 e. The van der Waals surface area contributed by atoms with Gasteiger partial charge in [-0.1, -0.05) is 30.3 Å². The highest BCUT2D eigenvalue weighted by atomic mass is 32.2. The Labute approximate surface area is 171 Å². The van der Waals surface area contributed by atoms with E-state index in [-0.39, 0.29) is 23.1 Å². The summed E-state index contributed by atoms with van der Waals surface area (Å²) in [5.41, 5.74) is 2.55. The Morgan fingerprint density at radius 2 is 1.69 bits per heavy atom. The molecule has 0 fully saturated rings. The minimum absolute atomic E-state index is 0.0544. The second-order valence-corrected chi connectivity index (χ2v) is 9.25. The van der Waals surface area contributed by atoms with Gasteiger partial charge in [0.1, 0.15) is 0 Å². The normalized spacial score (nSPS) is 14.5. The predicted octanol–water partition coefficient (Wildman–Crippen LogP) is 1.99. The second-order valence-electron chi connectivity index (χ2n) is 7.21. The van der Waals surface area contributed by atoms with E-state index in [0.29, 0.717) is 25.2 Å². The summed E-state index contributed by atoms with van der Waals surface area (Å²) in [5, 5.41) is 0.